The summed E-state index contributed by atoms with van der Waals surface area (Å²) in [6.45, 7) is 7.22. The van der Waals surface area contributed by atoms with Crippen molar-refractivity contribution >= 4 is 17.7 Å². The average molecular weight is 390 g/mol. The molecule has 2 aromatic rings. The van der Waals surface area contributed by atoms with Gasteiger partial charge in [0.1, 0.15) is 12.4 Å². The van der Waals surface area contributed by atoms with E-state index in [4.69, 9.17) is 14.2 Å². The lowest BCUT2D eigenvalue weighted by atomic mass is 9.92. The second-order valence-corrected chi connectivity index (χ2v) is 8.68. The number of carbonyl (C=O) groups is 1. The zero-order valence-electron chi connectivity index (χ0n) is 15.6. The molecule has 4 rings (SSSR count). The number of fused-ring (bicyclic) bond motifs is 2. The molecule has 0 atom stereocenters. The van der Waals surface area contributed by atoms with E-state index in [1.807, 2.05) is 12.1 Å². The maximum atomic E-state index is 12.8. The Morgan fingerprint density at radius 1 is 1.26 bits per heavy atom. The number of rotatable bonds is 4. The Hall–Kier alpha value is -2.42. The summed E-state index contributed by atoms with van der Waals surface area (Å²) in [5, 5.41) is 10.9. The highest BCUT2D eigenvalue weighted by Crippen LogP contribution is 2.35. The molecule has 1 amide bonds. The van der Waals surface area contributed by atoms with Crippen LogP contribution in [0.2, 0.25) is 0 Å². The van der Waals surface area contributed by atoms with Crippen LogP contribution in [0.3, 0.4) is 0 Å². The molecular formula is C18H22N4O4S. The van der Waals surface area contributed by atoms with Gasteiger partial charge in [-0.1, -0.05) is 32.5 Å². The van der Waals surface area contributed by atoms with E-state index in [1.165, 1.54) is 0 Å². The summed E-state index contributed by atoms with van der Waals surface area (Å²) in [6, 6.07) is 5.41. The Kier molecular flexibility index (Phi) is 4.63. The number of ether oxygens (including phenoxy) is 3. The van der Waals surface area contributed by atoms with Gasteiger partial charge in [0.15, 0.2) is 17.3 Å². The lowest BCUT2D eigenvalue weighted by molar-refractivity contribution is -0.122. The summed E-state index contributed by atoms with van der Waals surface area (Å²) in [6.07, 6.45) is 0.456. The highest BCUT2D eigenvalue weighted by atomic mass is 32.2. The van der Waals surface area contributed by atoms with Crippen molar-refractivity contribution in [2.24, 2.45) is 5.41 Å². The third kappa shape index (κ3) is 3.83. The molecule has 2 aliphatic rings. The predicted octanol–water partition coefficient (Wildman–Crippen LogP) is 2.59. The number of carbonyl (C=O) groups excluding carboxylic acids is 1. The number of thioether (sulfide) groups is 1. The van der Waals surface area contributed by atoms with Gasteiger partial charge in [-0.25, -0.2) is 9.69 Å². The number of benzene rings is 1. The summed E-state index contributed by atoms with van der Waals surface area (Å²) in [5.41, 5.74) is -0.0843. The molecule has 0 radical (unpaired) electrons. The lowest BCUT2D eigenvalue weighted by Crippen LogP contribution is -2.46. The predicted molar refractivity (Wildman–Crippen MR) is 99.8 cm³/mol. The highest BCUT2D eigenvalue weighted by molar-refractivity contribution is 7.99. The minimum absolute atomic E-state index is 0.0631. The Morgan fingerprint density at radius 3 is 2.89 bits per heavy atom. The van der Waals surface area contributed by atoms with E-state index in [2.05, 4.69) is 31.0 Å². The Balaban J connectivity index is 1.51. The van der Waals surface area contributed by atoms with Crippen molar-refractivity contribution in [1.29, 1.82) is 0 Å². The third-order valence-corrected chi connectivity index (χ3v) is 5.03. The molecule has 0 saturated carbocycles. The van der Waals surface area contributed by atoms with Crippen LogP contribution in [0.4, 0.5) is 0 Å². The van der Waals surface area contributed by atoms with Gasteiger partial charge in [0.25, 0.3) is 0 Å². The summed E-state index contributed by atoms with van der Waals surface area (Å²) in [5.74, 6) is 3.47. The second kappa shape index (κ2) is 6.95. The number of amides is 1. The first kappa shape index (κ1) is 18.0. The fourth-order valence-corrected chi connectivity index (χ4v) is 3.81. The van der Waals surface area contributed by atoms with Gasteiger partial charge in [-0.05, 0) is 17.5 Å². The van der Waals surface area contributed by atoms with Crippen LogP contribution in [0, 0.1) is 5.41 Å². The van der Waals surface area contributed by atoms with E-state index in [1.54, 1.807) is 27.5 Å². The Labute approximate surface area is 161 Å². The van der Waals surface area contributed by atoms with Gasteiger partial charge in [-0.3, -0.25) is 4.79 Å². The van der Waals surface area contributed by atoms with Gasteiger partial charge >= 0.3 is 0 Å². The zero-order valence-corrected chi connectivity index (χ0v) is 16.4. The molecule has 0 fully saturated rings. The van der Waals surface area contributed by atoms with Gasteiger partial charge in [0, 0.05) is 18.2 Å². The Bertz CT molecular complexity index is 862. The smallest absolute Gasteiger partial charge is 0.242 e. The molecule has 2 aliphatic heterocycles. The van der Waals surface area contributed by atoms with Gasteiger partial charge in [-0.15, -0.1) is 10.2 Å². The summed E-state index contributed by atoms with van der Waals surface area (Å²) >= 11 is 1.59. The summed E-state index contributed by atoms with van der Waals surface area (Å²) in [7, 11) is 0. The lowest BCUT2D eigenvalue weighted by Gasteiger charge is -2.31. The monoisotopic (exact) mass is 390 g/mol. The first-order chi connectivity index (χ1) is 12.9. The fourth-order valence-electron chi connectivity index (χ4n) is 2.94. The molecule has 9 heteroatoms. The SMILES string of the molecule is CC(C)(C)CC(=O)N1CCSc2nnc(COc3ccc4c(c3)OCO4)n21. The van der Waals surface area contributed by atoms with Crippen molar-refractivity contribution in [2.75, 3.05) is 24.1 Å². The van der Waals surface area contributed by atoms with Crippen LogP contribution in [0.15, 0.2) is 23.4 Å². The van der Waals surface area contributed by atoms with Gasteiger partial charge in [0.05, 0.1) is 6.54 Å². The summed E-state index contributed by atoms with van der Waals surface area (Å²) < 4.78 is 18.3. The molecule has 0 unspecified atom stereocenters. The molecule has 0 saturated heterocycles. The molecule has 0 bridgehead atoms. The van der Waals surface area contributed by atoms with E-state index in [-0.39, 0.29) is 24.7 Å². The first-order valence-electron chi connectivity index (χ1n) is 8.81. The van der Waals surface area contributed by atoms with E-state index < -0.39 is 0 Å². The number of hydrogen-bond donors (Lipinski definition) is 0. The highest BCUT2D eigenvalue weighted by Gasteiger charge is 2.30. The topological polar surface area (TPSA) is 78.7 Å². The van der Waals surface area contributed by atoms with Crippen molar-refractivity contribution in [3.8, 4) is 17.2 Å². The van der Waals surface area contributed by atoms with Gasteiger partial charge in [0.2, 0.25) is 17.9 Å². The maximum Gasteiger partial charge on any atom is 0.242 e. The van der Waals surface area contributed by atoms with Crippen LogP contribution >= 0.6 is 11.8 Å². The van der Waals surface area contributed by atoms with Crippen LogP contribution in [0.1, 0.15) is 33.0 Å². The van der Waals surface area contributed by atoms with Gasteiger partial charge < -0.3 is 14.2 Å². The van der Waals surface area contributed by atoms with Crippen molar-refractivity contribution in [3.05, 3.63) is 24.0 Å². The summed E-state index contributed by atoms with van der Waals surface area (Å²) in [4.78, 5) is 12.8. The van der Waals surface area contributed by atoms with E-state index in [0.717, 1.165) is 5.75 Å². The molecule has 0 aliphatic carbocycles. The van der Waals surface area contributed by atoms with E-state index in [9.17, 15) is 4.79 Å². The standard InChI is InChI=1S/C18H22N4O4S/c1-18(2,3)9-16(23)21-6-7-27-17-20-19-15(22(17)21)10-24-12-4-5-13-14(8-12)26-11-25-13/h4-5,8H,6-7,9-11H2,1-3H3. The molecule has 0 N–H and O–H groups in total. The molecule has 1 aromatic carbocycles. The normalized spacial score (nSPS) is 15.6. The maximum absolute atomic E-state index is 12.8. The minimum Gasteiger partial charge on any atom is -0.485 e. The van der Waals surface area contributed by atoms with Crippen molar-refractivity contribution in [1.82, 2.24) is 14.9 Å². The minimum atomic E-state index is -0.0843. The molecule has 8 nitrogen and oxygen atoms in total. The largest absolute Gasteiger partial charge is 0.485 e. The number of nitrogens with zero attached hydrogens (tertiary/aromatic N) is 4. The Morgan fingerprint density at radius 2 is 2.07 bits per heavy atom. The number of hydrogen-bond acceptors (Lipinski definition) is 7. The van der Waals surface area contributed by atoms with Crippen LogP contribution in [0.5, 0.6) is 17.2 Å². The fraction of sp³-hybridized carbons (Fsp3) is 0.500. The number of aromatic nitrogens is 3. The van der Waals surface area contributed by atoms with Crippen LogP contribution in [0.25, 0.3) is 0 Å². The van der Waals surface area contributed by atoms with Crippen LogP contribution in [-0.4, -0.2) is 39.9 Å². The zero-order chi connectivity index (χ0) is 19.0. The molecule has 0 spiro atoms. The van der Waals surface area contributed by atoms with Crippen molar-refractivity contribution in [2.45, 2.75) is 39.0 Å². The van der Waals surface area contributed by atoms with Crippen LogP contribution in [-0.2, 0) is 11.4 Å². The first-order valence-corrected chi connectivity index (χ1v) is 9.79. The molecule has 3 heterocycles. The van der Waals surface area contributed by atoms with Crippen LogP contribution < -0.4 is 19.2 Å². The van der Waals surface area contributed by atoms with Gasteiger partial charge in [-0.2, -0.15) is 0 Å². The molecule has 144 valence electrons. The van der Waals surface area contributed by atoms with E-state index >= 15 is 0 Å². The average Bonchev–Trinajstić information content (AvgIpc) is 3.24. The third-order valence-electron chi connectivity index (χ3n) is 4.13. The van der Waals surface area contributed by atoms with E-state index in [0.29, 0.717) is 41.2 Å². The molecule has 27 heavy (non-hydrogen) atoms. The van der Waals surface area contributed by atoms with Crippen molar-refractivity contribution in [3.63, 3.8) is 0 Å². The van der Waals surface area contributed by atoms with Crippen molar-refractivity contribution < 1.29 is 19.0 Å². The molecular weight excluding hydrogens is 368 g/mol. The quantitative estimate of drug-likeness (QED) is 0.794. The molecule has 1 aromatic heterocycles. The second-order valence-electron chi connectivity index (χ2n) is 7.62.